The molecule has 0 heterocycles. The van der Waals surface area contributed by atoms with Gasteiger partial charge in [0.2, 0.25) is 0 Å². The first-order valence-electron chi connectivity index (χ1n) is 13.0. The molecule has 36 heavy (non-hydrogen) atoms. The van der Waals surface area contributed by atoms with Crippen molar-refractivity contribution in [3.8, 4) is 0 Å². The van der Waals surface area contributed by atoms with Gasteiger partial charge in [-0.1, -0.05) is 101 Å². The van der Waals surface area contributed by atoms with Crippen molar-refractivity contribution in [2.24, 2.45) is 0 Å². The van der Waals surface area contributed by atoms with Crippen molar-refractivity contribution in [1.82, 2.24) is 0 Å². The van der Waals surface area contributed by atoms with Gasteiger partial charge in [-0.25, -0.2) is 0 Å². The summed E-state index contributed by atoms with van der Waals surface area (Å²) in [5, 5.41) is 0. The number of benzene rings is 2. The number of hydrogen-bond donors (Lipinski definition) is 0. The third kappa shape index (κ3) is 11.7. The number of hydrogen-bond acceptors (Lipinski definition) is 0. The predicted octanol–water partition coefficient (Wildman–Crippen LogP) is 9.89. The van der Waals surface area contributed by atoms with Crippen LogP contribution in [0.2, 0.25) is 0 Å². The first-order chi connectivity index (χ1) is 16.1. The molecule has 0 spiro atoms. The quantitative estimate of drug-likeness (QED) is 0.0443. The monoisotopic (exact) mass is 530 g/mol. The number of rotatable bonds is 14. The normalized spacial score (nSPS) is 10.6. The summed E-state index contributed by atoms with van der Waals surface area (Å²) < 4.78 is 0. The number of allylic oxidation sites excluding steroid dienone is 2. The number of unbranched alkanes of at least 4 members (excludes halogenated alkanes) is 5. The maximum atomic E-state index is 9.26. The molecule has 0 aliphatic heterocycles. The Morgan fingerprint density at radius 2 is 1.25 bits per heavy atom. The van der Waals surface area contributed by atoms with Gasteiger partial charge in [-0.05, 0) is 78.8 Å². The van der Waals surface area contributed by atoms with Crippen LogP contribution in [0.5, 0.6) is 0 Å². The molecule has 0 N–H and O–H groups in total. The molecule has 200 valence electrons. The second kappa shape index (κ2) is 21.0. The van der Waals surface area contributed by atoms with Gasteiger partial charge < -0.3 is 20.4 Å². The van der Waals surface area contributed by atoms with Crippen molar-refractivity contribution >= 4 is 11.4 Å². The molecular formula is C33H48N2Ni. The van der Waals surface area contributed by atoms with Crippen LogP contribution in [0.4, 0.5) is 0 Å². The van der Waals surface area contributed by atoms with Gasteiger partial charge in [-0.3, -0.25) is 0 Å². The molecule has 2 aromatic carbocycles. The van der Waals surface area contributed by atoms with Crippen LogP contribution in [-0.4, -0.2) is 10.7 Å². The average molecular weight is 531 g/mol. The molecule has 0 bridgehead atoms. The van der Waals surface area contributed by atoms with Crippen molar-refractivity contribution < 1.29 is 21.3 Å². The smallest absolute Gasteiger partial charge is 0.358 e. The van der Waals surface area contributed by atoms with E-state index >= 15 is 0 Å². The second-order valence-electron chi connectivity index (χ2n) is 9.11. The predicted molar refractivity (Wildman–Crippen MR) is 156 cm³/mol. The van der Waals surface area contributed by atoms with Crippen LogP contribution in [0.1, 0.15) is 108 Å². The van der Waals surface area contributed by atoms with Crippen LogP contribution in [0.3, 0.4) is 0 Å². The largest absolute Gasteiger partial charge is 2.00 e. The Bertz CT molecular complexity index is 992. The fourth-order valence-electron chi connectivity index (χ4n) is 4.43. The van der Waals surface area contributed by atoms with Gasteiger partial charge in [-0.15, -0.1) is 4.79 Å². The summed E-state index contributed by atoms with van der Waals surface area (Å²) in [5.41, 5.74) is 17.9. The van der Waals surface area contributed by atoms with Gasteiger partial charge in [0, 0.05) is 0 Å². The van der Waals surface area contributed by atoms with E-state index < -0.39 is 0 Å². The summed E-state index contributed by atoms with van der Waals surface area (Å²) in [7, 11) is 0. The Hall–Kier alpha value is -2.17. The van der Waals surface area contributed by atoms with Crippen molar-refractivity contribution in [2.45, 2.75) is 98.3 Å². The first kappa shape index (κ1) is 36.0. The molecule has 0 aromatic heterocycles. The molecule has 0 saturated carbocycles. The molecule has 0 aliphatic carbocycles. The minimum atomic E-state index is 0. The fraction of sp³-hybridized carbons (Fsp3) is 0.455. The minimum absolute atomic E-state index is 0. The Morgan fingerprint density at radius 3 is 1.75 bits per heavy atom. The van der Waals surface area contributed by atoms with E-state index in [1.165, 1.54) is 78.3 Å². The van der Waals surface area contributed by atoms with Crippen LogP contribution < -0.4 is 0 Å². The molecule has 3 heteroatoms. The van der Waals surface area contributed by atoms with E-state index in [0.29, 0.717) is 0 Å². The van der Waals surface area contributed by atoms with Crippen LogP contribution in [0, 0.1) is 14.9 Å². The summed E-state index contributed by atoms with van der Waals surface area (Å²) in [4.78, 5) is 3.26. The maximum Gasteiger partial charge on any atom is 2.00 e. The molecule has 0 saturated heterocycles. The van der Waals surface area contributed by atoms with Crippen molar-refractivity contribution in [3.63, 3.8) is 0 Å². The molecule has 0 unspecified atom stereocenters. The van der Waals surface area contributed by atoms with Gasteiger partial charge in [-0.2, -0.15) is 0 Å². The number of nitrogens with zero attached hydrogens (tertiary/aromatic N) is 2. The topological polar surface area (TPSA) is 36.4 Å². The molecule has 2 nitrogen and oxygen atoms in total. The Kier molecular flexibility index (Phi) is 21.0. The Morgan fingerprint density at radius 1 is 0.750 bits per heavy atom. The van der Waals surface area contributed by atoms with E-state index in [4.69, 9.17) is 0 Å². The number of aryl methyl sites for hydroxylation is 2. The van der Waals surface area contributed by atoms with E-state index in [-0.39, 0.29) is 31.3 Å². The van der Waals surface area contributed by atoms with Crippen LogP contribution >= 0.6 is 0 Å². The van der Waals surface area contributed by atoms with Gasteiger partial charge in [0.25, 0.3) is 0 Å². The van der Waals surface area contributed by atoms with Gasteiger partial charge in [0.05, 0.1) is 5.57 Å². The zero-order valence-electron chi connectivity index (χ0n) is 23.6. The molecular weight excluding hydrogens is 483 g/mol. The Labute approximate surface area is 232 Å². The summed E-state index contributed by atoms with van der Waals surface area (Å²) in [6.07, 6.45) is 12.8. The van der Waals surface area contributed by atoms with Crippen LogP contribution in [0.15, 0.2) is 59.7 Å². The molecule has 0 radical (unpaired) electrons. The maximum absolute atomic E-state index is 9.26. The van der Waals surface area contributed by atoms with E-state index in [0.717, 1.165) is 31.3 Å². The first-order valence-corrected chi connectivity index (χ1v) is 13.0. The van der Waals surface area contributed by atoms with Gasteiger partial charge in [0.15, 0.2) is 0 Å². The molecule has 0 atom stereocenters. The average Bonchev–Trinajstić information content (AvgIpc) is 2.83. The van der Waals surface area contributed by atoms with E-state index in [9.17, 15) is 5.53 Å². The molecule has 2 rings (SSSR count). The zero-order chi connectivity index (χ0) is 23.9. The van der Waals surface area contributed by atoms with Gasteiger partial charge >= 0.3 is 22.4 Å². The van der Waals surface area contributed by atoms with E-state index in [1.54, 1.807) is 0 Å². The van der Waals surface area contributed by atoms with E-state index in [1.807, 2.05) is 6.92 Å². The Balaban J connectivity index is 0. The van der Waals surface area contributed by atoms with E-state index in [2.05, 4.69) is 80.0 Å². The van der Waals surface area contributed by atoms with Crippen LogP contribution in [-0.2, 0) is 29.3 Å². The van der Waals surface area contributed by atoms with Crippen molar-refractivity contribution in [3.05, 3.63) is 102 Å². The summed E-state index contributed by atoms with van der Waals surface area (Å²) in [6.45, 7) is 8.75. The van der Waals surface area contributed by atoms with Crippen molar-refractivity contribution in [2.75, 3.05) is 0 Å². The standard InChI is InChI=1S/C31H42N2.2CH3.Ni/c1-5-8-11-16-27-18-14-20-29(23-27)31(28-19-13-17-26(22-28)15-10-7-3)30(21-12-9-6-2)25(4)24-33-32;;;/h13-14,17-20,22-23H,5-12,15-16,21H2,1-4H3;2*1H3;/q;2*-1;+2. The summed E-state index contributed by atoms with van der Waals surface area (Å²) in [5.74, 6) is 2.84. The fourth-order valence-corrected chi connectivity index (χ4v) is 4.43. The van der Waals surface area contributed by atoms with Crippen molar-refractivity contribution in [1.29, 1.82) is 0 Å². The van der Waals surface area contributed by atoms with Gasteiger partial charge in [0.1, 0.15) is 0 Å². The molecule has 0 fully saturated rings. The molecule has 2 aromatic rings. The SMILES string of the molecule is CCCCCC(C(C)=C=[N+]=[N-])=C(c1cccc(CCCC)c1)c1cccc(CCCCC)c1.[CH3-].[CH3-].[Ni+2]. The second-order valence-corrected chi connectivity index (χ2v) is 9.11. The molecule has 0 aliphatic rings. The summed E-state index contributed by atoms with van der Waals surface area (Å²) in [6, 6.07) is 18.1. The minimum Gasteiger partial charge on any atom is -0.358 e. The zero-order valence-corrected chi connectivity index (χ0v) is 24.6. The van der Waals surface area contributed by atoms with Crippen LogP contribution in [0.25, 0.3) is 11.1 Å². The third-order valence-corrected chi connectivity index (χ3v) is 6.32. The molecule has 0 amide bonds. The summed E-state index contributed by atoms with van der Waals surface area (Å²) >= 11 is 0. The third-order valence-electron chi connectivity index (χ3n) is 6.32.